The summed E-state index contributed by atoms with van der Waals surface area (Å²) in [6.45, 7) is 4.14. The lowest BCUT2D eigenvalue weighted by Gasteiger charge is -2.10. The molecule has 0 aliphatic carbocycles. The molecule has 0 radical (unpaired) electrons. The lowest BCUT2D eigenvalue weighted by Crippen LogP contribution is -2.22. The van der Waals surface area contributed by atoms with Crippen molar-refractivity contribution in [2.75, 3.05) is 13.2 Å². The first-order valence-corrected chi connectivity index (χ1v) is 12.3. The zero-order valence-electron chi connectivity index (χ0n) is 18.9. The van der Waals surface area contributed by atoms with Crippen LogP contribution in [0.5, 0.6) is 0 Å². The monoisotopic (exact) mass is 479 g/mol. The molecule has 0 saturated heterocycles. The van der Waals surface area contributed by atoms with Gasteiger partial charge in [0.25, 0.3) is 10.0 Å². The van der Waals surface area contributed by atoms with E-state index in [1.54, 1.807) is 18.2 Å². The maximum Gasteiger partial charge on any atom is 0.308 e. The van der Waals surface area contributed by atoms with E-state index < -0.39 is 16.0 Å². The number of ketones is 1. The fourth-order valence-electron chi connectivity index (χ4n) is 3.90. The first kappa shape index (κ1) is 23.4. The fourth-order valence-corrected chi connectivity index (χ4v) is 5.15. The normalized spacial score (nSPS) is 15.1. The van der Waals surface area contributed by atoms with Crippen molar-refractivity contribution in [3.05, 3.63) is 88.7 Å². The number of benzene rings is 2. The number of carbonyl (C=O) groups is 2. The third-order valence-corrected chi connectivity index (χ3v) is 7.07. The van der Waals surface area contributed by atoms with E-state index in [1.165, 1.54) is 6.07 Å². The van der Waals surface area contributed by atoms with Gasteiger partial charge in [-0.25, -0.2) is 8.42 Å². The van der Waals surface area contributed by atoms with E-state index in [0.717, 1.165) is 17.0 Å². The molecule has 1 aromatic heterocycles. The molecule has 0 fully saturated rings. The molecular formula is C25H25N3O5S. The van der Waals surface area contributed by atoms with Crippen molar-refractivity contribution in [2.45, 2.75) is 31.7 Å². The molecule has 176 valence electrons. The van der Waals surface area contributed by atoms with Gasteiger partial charge in [-0.15, -0.1) is 0 Å². The van der Waals surface area contributed by atoms with Gasteiger partial charge in [0.1, 0.15) is 5.84 Å². The molecule has 0 spiro atoms. The Labute approximate surface area is 198 Å². The van der Waals surface area contributed by atoms with Crippen LogP contribution in [0.1, 0.15) is 39.3 Å². The Morgan fingerprint density at radius 1 is 1.03 bits per heavy atom. The first-order chi connectivity index (χ1) is 16.3. The molecule has 0 unspecified atom stereocenters. The average Bonchev–Trinajstić information content (AvgIpc) is 3.25. The number of hydrogen-bond donors (Lipinski definition) is 1. The third kappa shape index (κ3) is 4.94. The highest BCUT2D eigenvalue weighted by atomic mass is 32.2. The Bertz CT molecular complexity index is 1370. The van der Waals surface area contributed by atoms with Crippen molar-refractivity contribution >= 4 is 27.6 Å². The molecule has 4 rings (SSSR count). The average molecular weight is 480 g/mol. The lowest BCUT2D eigenvalue weighted by molar-refractivity contribution is -0.142. The summed E-state index contributed by atoms with van der Waals surface area (Å²) < 4.78 is 33.8. The molecule has 34 heavy (non-hydrogen) atoms. The molecule has 1 N–H and O–H groups in total. The number of ether oxygens (including phenoxy) is 1. The number of esters is 1. The van der Waals surface area contributed by atoms with Crippen LogP contribution >= 0.6 is 0 Å². The van der Waals surface area contributed by atoms with Gasteiger partial charge in [-0.3, -0.25) is 19.3 Å². The Balaban J connectivity index is 1.32. The summed E-state index contributed by atoms with van der Waals surface area (Å²) in [6.07, 6.45) is -0.0757. The Hall–Kier alpha value is -3.72. The summed E-state index contributed by atoms with van der Waals surface area (Å²) in [6, 6.07) is 18.3. The van der Waals surface area contributed by atoms with E-state index in [0.29, 0.717) is 17.7 Å². The number of nitrogens with one attached hydrogen (secondary N) is 1. The summed E-state index contributed by atoms with van der Waals surface area (Å²) in [5.74, 6) is -0.653. The maximum atomic E-state index is 12.7. The summed E-state index contributed by atoms with van der Waals surface area (Å²) in [5.41, 5.74) is 3.89. The minimum Gasteiger partial charge on any atom is -0.457 e. The van der Waals surface area contributed by atoms with Crippen molar-refractivity contribution < 1.29 is 22.7 Å². The van der Waals surface area contributed by atoms with Gasteiger partial charge in [0, 0.05) is 29.1 Å². The van der Waals surface area contributed by atoms with Gasteiger partial charge < -0.3 is 9.30 Å². The predicted molar refractivity (Wildman–Crippen MR) is 128 cm³/mol. The summed E-state index contributed by atoms with van der Waals surface area (Å²) in [5, 5.41) is 0. The van der Waals surface area contributed by atoms with E-state index >= 15 is 0 Å². The topological polar surface area (TPSA) is 107 Å². The van der Waals surface area contributed by atoms with Gasteiger partial charge in [0.15, 0.2) is 6.61 Å². The number of amidine groups is 1. The Kier molecular flexibility index (Phi) is 6.65. The number of rotatable bonds is 8. The number of hydrogen-bond acceptors (Lipinski definition) is 6. The van der Waals surface area contributed by atoms with Gasteiger partial charge in [0.2, 0.25) is 5.78 Å². The van der Waals surface area contributed by atoms with Gasteiger partial charge in [-0.2, -0.15) is 0 Å². The zero-order valence-corrected chi connectivity index (χ0v) is 19.8. The number of nitrogens with zero attached hydrogens (tertiary/aromatic N) is 2. The Morgan fingerprint density at radius 3 is 2.50 bits per heavy atom. The largest absolute Gasteiger partial charge is 0.457 e. The Morgan fingerprint density at radius 2 is 1.74 bits per heavy atom. The second kappa shape index (κ2) is 9.64. The molecule has 2 aromatic carbocycles. The zero-order chi connectivity index (χ0) is 24.3. The molecular weight excluding hydrogens is 454 g/mol. The van der Waals surface area contributed by atoms with Crippen molar-refractivity contribution in [3.8, 4) is 0 Å². The summed E-state index contributed by atoms with van der Waals surface area (Å²) in [4.78, 5) is 29.2. The van der Waals surface area contributed by atoms with Crippen LogP contribution in [0.15, 0.2) is 70.6 Å². The van der Waals surface area contributed by atoms with Gasteiger partial charge in [-0.05, 0) is 37.6 Å². The number of Topliss-reactive ketones (excluding diaryl/α,β-unsaturated/α-hetero) is 1. The van der Waals surface area contributed by atoms with E-state index in [4.69, 9.17) is 4.74 Å². The second-order valence-electron chi connectivity index (χ2n) is 8.02. The number of aromatic nitrogens is 1. The fraction of sp³-hybridized carbons (Fsp3) is 0.240. The van der Waals surface area contributed by atoms with Crippen LogP contribution in [0.2, 0.25) is 0 Å². The molecule has 1 aliphatic heterocycles. The first-order valence-electron chi connectivity index (χ1n) is 10.8. The third-order valence-electron chi connectivity index (χ3n) is 5.67. The molecule has 9 heteroatoms. The SMILES string of the molecule is Cc1cc(C(=O)COC(=O)CCN=C2NS(=O)(=O)c3ccccc32)c(C)n1Cc1ccccc1. The molecule has 0 bridgehead atoms. The van der Waals surface area contributed by atoms with Crippen LogP contribution in [0.3, 0.4) is 0 Å². The quantitative estimate of drug-likeness (QED) is 0.395. The van der Waals surface area contributed by atoms with Crippen molar-refractivity contribution in [2.24, 2.45) is 4.99 Å². The number of aryl methyl sites for hydroxylation is 1. The van der Waals surface area contributed by atoms with Crippen LogP contribution in [0.4, 0.5) is 0 Å². The van der Waals surface area contributed by atoms with Crippen LogP contribution in [0, 0.1) is 13.8 Å². The number of fused-ring (bicyclic) bond motifs is 1. The molecule has 0 saturated carbocycles. The van der Waals surface area contributed by atoms with Crippen LogP contribution in [-0.4, -0.2) is 43.7 Å². The highest BCUT2D eigenvalue weighted by molar-refractivity contribution is 7.90. The predicted octanol–water partition coefficient (Wildman–Crippen LogP) is 3.01. The second-order valence-corrected chi connectivity index (χ2v) is 9.67. The van der Waals surface area contributed by atoms with Crippen molar-refractivity contribution in [1.29, 1.82) is 0 Å². The van der Waals surface area contributed by atoms with Crippen molar-refractivity contribution in [1.82, 2.24) is 9.29 Å². The van der Waals surface area contributed by atoms with E-state index in [9.17, 15) is 18.0 Å². The number of aliphatic imine (C=N–C) groups is 1. The molecule has 0 atom stereocenters. The summed E-state index contributed by atoms with van der Waals surface area (Å²) in [7, 11) is -3.63. The van der Waals surface area contributed by atoms with Crippen LogP contribution in [-0.2, 0) is 26.1 Å². The molecule has 2 heterocycles. The van der Waals surface area contributed by atoms with E-state index in [1.807, 2.05) is 50.2 Å². The summed E-state index contributed by atoms with van der Waals surface area (Å²) >= 11 is 0. The number of carbonyl (C=O) groups excluding carboxylic acids is 2. The van der Waals surface area contributed by atoms with Gasteiger partial charge >= 0.3 is 5.97 Å². The molecule has 3 aromatic rings. The van der Waals surface area contributed by atoms with Crippen LogP contribution in [0.25, 0.3) is 0 Å². The highest BCUT2D eigenvalue weighted by Gasteiger charge is 2.30. The number of sulfonamides is 1. The van der Waals surface area contributed by atoms with E-state index in [-0.39, 0.29) is 36.1 Å². The van der Waals surface area contributed by atoms with E-state index in [2.05, 4.69) is 14.3 Å². The highest BCUT2D eigenvalue weighted by Crippen LogP contribution is 2.22. The van der Waals surface area contributed by atoms with Crippen molar-refractivity contribution in [3.63, 3.8) is 0 Å². The maximum absolute atomic E-state index is 12.7. The standard InChI is InChI=1S/C25H25N3O5S/c1-17-14-21(18(2)28(17)15-19-8-4-3-5-9-19)22(29)16-33-24(30)12-13-26-25-20-10-6-7-11-23(20)34(31,32)27-25/h3-11,14H,12-13,15-16H2,1-2H3,(H,26,27). The van der Waals surface area contributed by atoms with Gasteiger partial charge in [-0.1, -0.05) is 42.5 Å². The molecule has 1 aliphatic rings. The van der Waals surface area contributed by atoms with Gasteiger partial charge in [0.05, 0.1) is 17.9 Å². The minimum atomic E-state index is -3.63. The molecule has 8 nitrogen and oxygen atoms in total. The smallest absolute Gasteiger partial charge is 0.308 e. The lowest BCUT2D eigenvalue weighted by atomic mass is 10.1. The minimum absolute atomic E-state index is 0.0325. The van der Waals surface area contributed by atoms with Crippen LogP contribution < -0.4 is 4.72 Å². The molecule has 0 amide bonds.